The van der Waals surface area contributed by atoms with Crippen LogP contribution in [0.25, 0.3) is 0 Å². The number of aliphatic hydroxyl groups excluding tert-OH is 1. The maximum Gasteiger partial charge on any atom is 0.107 e. The highest BCUT2D eigenvalue weighted by Gasteiger charge is 2.20. The van der Waals surface area contributed by atoms with E-state index in [4.69, 9.17) is 0 Å². The zero-order valence-electron chi connectivity index (χ0n) is 8.24. The molecule has 1 saturated heterocycles. The molecule has 1 fully saturated rings. The summed E-state index contributed by atoms with van der Waals surface area (Å²) in [4.78, 5) is 2.14. The van der Waals surface area contributed by atoms with Crippen LogP contribution in [0.15, 0.2) is 0 Å². The lowest BCUT2D eigenvalue weighted by Gasteiger charge is -2.19. The van der Waals surface area contributed by atoms with Crippen molar-refractivity contribution in [3.63, 3.8) is 0 Å². The van der Waals surface area contributed by atoms with E-state index < -0.39 is 0 Å². The molecule has 0 bridgehead atoms. The molecule has 0 saturated carbocycles. The Morgan fingerprint density at radius 3 is 2.62 bits per heavy atom. The van der Waals surface area contributed by atoms with Crippen LogP contribution in [0.5, 0.6) is 0 Å². The van der Waals surface area contributed by atoms with Gasteiger partial charge in [-0.1, -0.05) is 12.8 Å². The van der Waals surface area contributed by atoms with Gasteiger partial charge in [0.15, 0.2) is 0 Å². The van der Waals surface area contributed by atoms with Gasteiger partial charge in [-0.25, -0.2) is 5.11 Å². The summed E-state index contributed by atoms with van der Waals surface area (Å²) >= 11 is 0. The summed E-state index contributed by atoms with van der Waals surface area (Å²) in [6.07, 6.45) is 5.97. The molecule has 1 unspecified atom stereocenters. The Kier molecular flexibility index (Phi) is 5.35. The molecule has 1 heterocycles. The standard InChI is InChI=1S/C10H20NO2/c12-9-4-2-1-3-7-11-8-5-6-10(11)13/h10,13H,1-9H2. The Bertz CT molecular complexity index is 130. The molecular formula is C10H20NO2. The molecule has 0 spiro atoms. The second kappa shape index (κ2) is 6.35. The molecule has 1 N–H and O–H groups in total. The molecule has 77 valence electrons. The first-order valence-corrected chi connectivity index (χ1v) is 5.35. The summed E-state index contributed by atoms with van der Waals surface area (Å²) in [5.74, 6) is 0. The van der Waals surface area contributed by atoms with Crippen LogP contribution < -0.4 is 0 Å². The molecule has 0 aromatic rings. The molecule has 1 rings (SSSR count). The van der Waals surface area contributed by atoms with Gasteiger partial charge in [0.05, 0.1) is 6.61 Å². The van der Waals surface area contributed by atoms with Crippen molar-refractivity contribution >= 4 is 0 Å². The minimum Gasteiger partial charge on any atom is -0.378 e. The Balaban J connectivity index is 1.93. The van der Waals surface area contributed by atoms with E-state index in [0.29, 0.717) is 0 Å². The third kappa shape index (κ3) is 4.07. The molecule has 1 aliphatic rings. The van der Waals surface area contributed by atoms with Crippen LogP contribution in [0.3, 0.4) is 0 Å². The third-order valence-electron chi connectivity index (χ3n) is 2.67. The van der Waals surface area contributed by atoms with Gasteiger partial charge in [-0.2, -0.15) is 0 Å². The topological polar surface area (TPSA) is 43.4 Å². The van der Waals surface area contributed by atoms with Crippen LogP contribution >= 0.6 is 0 Å². The zero-order valence-corrected chi connectivity index (χ0v) is 8.24. The van der Waals surface area contributed by atoms with Crippen molar-refractivity contribution in [3.05, 3.63) is 0 Å². The minimum atomic E-state index is -0.195. The van der Waals surface area contributed by atoms with E-state index in [2.05, 4.69) is 4.90 Å². The van der Waals surface area contributed by atoms with Crippen molar-refractivity contribution in [1.82, 2.24) is 4.90 Å². The molecule has 0 aliphatic carbocycles. The van der Waals surface area contributed by atoms with Crippen molar-refractivity contribution in [1.29, 1.82) is 0 Å². The molecule has 1 aliphatic heterocycles. The van der Waals surface area contributed by atoms with Crippen molar-refractivity contribution < 1.29 is 10.2 Å². The van der Waals surface area contributed by atoms with Gasteiger partial charge in [0.1, 0.15) is 6.23 Å². The zero-order chi connectivity index (χ0) is 9.52. The van der Waals surface area contributed by atoms with Crippen molar-refractivity contribution in [3.8, 4) is 0 Å². The van der Waals surface area contributed by atoms with Crippen LogP contribution in [0.1, 0.15) is 38.5 Å². The highest BCUT2D eigenvalue weighted by molar-refractivity contribution is 4.69. The van der Waals surface area contributed by atoms with Crippen LogP contribution in [-0.4, -0.2) is 35.9 Å². The van der Waals surface area contributed by atoms with E-state index in [1.165, 1.54) is 0 Å². The number of rotatable bonds is 6. The van der Waals surface area contributed by atoms with Gasteiger partial charge in [-0.15, -0.1) is 0 Å². The lowest BCUT2D eigenvalue weighted by atomic mass is 10.2. The number of hydrogen-bond donors (Lipinski definition) is 1. The van der Waals surface area contributed by atoms with Gasteiger partial charge in [0.2, 0.25) is 0 Å². The van der Waals surface area contributed by atoms with Crippen LogP contribution in [0.4, 0.5) is 0 Å². The summed E-state index contributed by atoms with van der Waals surface area (Å²) in [5, 5.41) is 19.6. The molecule has 0 amide bonds. The smallest absolute Gasteiger partial charge is 0.107 e. The van der Waals surface area contributed by atoms with E-state index >= 15 is 0 Å². The van der Waals surface area contributed by atoms with E-state index in [1.807, 2.05) is 0 Å². The quantitative estimate of drug-likeness (QED) is 0.637. The molecule has 0 aromatic carbocycles. The van der Waals surface area contributed by atoms with Crippen LogP contribution in [0, 0.1) is 0 Å². The second-order valence-electron chi connectivity index (χ2n) is 3.78. The van der Waals surface area contributed by atoms with Gasteiger partial charge in [-0.05, 0) is 25.7 Å². The van der Waals surface area contributed by atoms with E-state index in [0.717, 1.165) is 51.6 Å². The Morgan fingerprint density at radius 1 is 1.23 bits per heavy atom. The van der Waals surface area contributed by atoms with Gasteiger partial charge in [-0.3, -0.25) is 4.90 Å². The molecule has 0 aromatic heterocycles. The molecular weight excluding hydrogens is 166 g/mol. The average Bonchev–Trinajstić information content (AvgIpc) is 2.52. The summed E-state index contributed by atoms with van der Waals surface area (Å²) < 4.78 is 0. The van der Waals surface area contributed by atoms with Gasteiger partial charge in [0.25, 0.3) is 0 Å². The highest BCUT2D eigenvalue weighted by atomic mass is 16.3. The first kappa shape index (κ1) is 11.0. The largest absolute Gasteiger partial charge is 0.378 e. The monoisotopic (exact) mass is 186 g/mol. The minimum absolute atomic E-state index is 0.0618. The van der Waals surface area contributed by atoms with Crippen LogP contribution in [-0.2, 0) is 5.11 Å². The predicted molar refractivity (Wildman–Crippen MR) is 50.8 cm³/mol. The van der Waals surface area contributed by atoms with Crippen molar-refractivity contribution in [2.24, 2.45) is 0 Å². The maximum absolute atomic E-state index is 10.2. The number of likely N-dealkylation sites (tertiary alicyclic amines) is 1. The summed E-state index contributed by atoms with van der Waals surface area (Å²) in [5.41, 5.74) is 0. The fourth-order valence-corrected chi connectivity index (χ4v) is 1.84. The Hall–Kier alpha value is -0.120. The fraction of sp³-hybridized carbons (Fsp3) is 1.00. The van der Waals surface area contributed by atoms with Crippen molar-refractivity contribution in [2.75, 3.05) is 19.7 Å². The van der Waals surface area contributed by atoms with Gasteiger partial charge >= 0.3 is 0 Å². The third-order valence-corrected chi connectivity index (χ3v) is 2.67. The highest BCUT2D eigenvalue weighted by Crippen LogP contribution is 2.15. The molecule has 1 radical (unpaired) electrons. The molecule has 3 nitrogen and oxygen atoms in total. The van der Waals surface area contributed by atoms with Gasteiger partial charge in [0, 0.05) is 13.1 Å². The lowest BCUT2D eigenvalue weighted by Crippen LogP contribution is -2.29. The molecule has 13 heavy (non-hydrogen) atoms. The molecule has 3 heteroatoms. The first-order valence-electron chi connectivity index (χ1n) is 5.35. The van der Waals surface area contributed by atoms with Gasteiger partial charge < -0.3 is 5.11 Å². The normalized spacial score (nSPS) is 24.0. The summed E-state index contributed by atoms with van der Waals surface area (Å²) in [6.45, 7) is 2.11. The number of hydrogen-bond acceptors (Lipinski definition) is 2. The number of unbranched alkanes of at least 4 members (excludes halogenated alkanes) is 3. The van der Waals surface area contributed by atoms with E-state index in [1.54, 1.807) is 0 Å². The van der Waals surface area contributed by atoms with Crippen molar-refractivity contribution in [2.45, 2.75) is 44.8 Å². The summed E-state index contributed by atoms with van der Waals surface area (Å²) in [6, 6.07) is 0. The van der Waals surface area contributed by atoms with Crippen LogP contribution in [0.2, 0.25) is 0 Å². The van der Waals surface area contributed by atoms with E-state index in [9.17, 15) is 10.2 Å². The Labute approximate surface area is 80.4 Å². The lowest BCUT2D eigenvalue weighted by molar-refractivity contribution is 0.0371. The number of nitrogens with zero attached hydrogens (tertiary/aromatic N) is 1. The SMILES string of the molecule is [O]CCCCCCN1CCCC1O. The summed E-state index contributed by atoms with van der Waals surface area (Å²) in [7, 11) is 0. The average molecular weight is 186 g/mol. The first-order chi connectivity index (χ1) is 6.34. The second-order valence-corrected chi connectivity index (χ2v) is 3.78. The van der Waals surface area contributed by atoms with E-state index in [-0.39, 0.29) is 12.8 Å². The Morgan fingerprint density at radius 2 is 2.00 bits per heavy atom. The number of aliphatic hydroxyl groups is 1. The predicted octanol–water partition coefficient (Wildman–Crippen LogP) is 1.39. The maximum atomic E-state index is 10.2. The molecule has 1 atom stereocenters. The fourth-order valence-electron chi connectivity index (χ4n) is 1.84.